The summed E-state index contributed by atoms with van der Waals surface area (Å²) < 4.78 is 5.81. The molecule has 0 radical (unpaired) electrons. The number of aliphatic hydroxyl groups excluding tert-OH is 1. The van der Waals surface area contributed by atoms with Crippen LogP contribution in [0.4, 0.5) is 0 Å². The zero-order valence-corrected chi connectivity index (χ0v) is 12.1. The maximum Gasteiger partial charge on any atom is 0.134 e. The number of aryl methyl sites for hydroxylation is 1. The van der Waals surface area contributed by atoms with Crippen molar-refractivity contribution in [3.8, 4) is 0 Å². The Bertz CT molecular complexity index is 615. The first-order valence-corrected chi connectivity index (χ1v) is 7.59. The minimum atomic E-state index is 0.156. The molecule has 1 N–H and O–H groups in total. The average Bonchev–Trinajstić information content (AvgIpc) is 2.81. The third-order valence-corrected chi connectivity index (χ3v) is 4.46. The first kappa shape index (κ1) is 13.4. The molecule has 0 saturated heterocycles. The van der Waals surface area contributed by atoms with Gasteiger partial charge in [0.05, 0.1) is 6.61 Å². The van der Waals surface area contributed by atoms with Gasteiger partial charge in [-0.1, -0.05) is 37.5 Å². The number of rotatable bonds is 3. The Labute approximate surface area is 120 Å². The number of furan rings is 1. The number of aliphatic hydroxyl groups is 1. The molecule has 0 atom stereocenters. The highest BCUT2D eigenvalue weighted by Crippen LogP contribution is 2.33. The normalized spacial score (nSPS) is 17.8. The van der Waals surface area contributed by atoms with E-state index >= 15 is 0 Å². The van der Waals surface area contributed by atoms with Gasteiger partial charge in [0.1, 0.15) is 11.3 Å². The van der Waals surface area contributed by atoms with Gasteiger partial charge in [0.15, 0.2) is 0 Å². The van der Waals surface area contributed by atoms with Gasteiger partial charge in [0.25, 0.3) is 0 Å². The fourth-order valence-corrected chi connectivity index (χ4v) is 3.32. The van der Waals surface area contributed by atoms with Crippen LogP contribution in [0, 0.1) is 12.8 Å². The maximum atomic E-state index is 9.74. The van der Waals surface area contributed by atoms with Crippen molar-refractivity contribution in [3.05, 3.63) is 41.2 Å². The predicted molar refractivity (Wildman–Crippen MR) is 82.6 cm³/mol. The lowest BCUT2D eigenvalue weighted by Crippen LogP contribution is -2.11. The van der Waals surface area contributed by atoms with E-state index in [1.165, 1.54) is 37.7 Å². The summed E-state index contributed by atoms with van der Waals surface area (Å²) in [5.41, 5.74) is 3.23. The van der Waals surface area contributed by atoms with Crippen molar-refractivity contribution in [2.75, 3.05) is 6.61 Å². The van der Waals surface area contributed by atoms with E-state index in [1.807, 2.05) is 25.1 Å². The molecular weight excluding hydrogens is 248 g/mol. The van der Waals surface area contributed by atoms with E-state index in [0.717, 1.165) is 22.3 Å². The molecule has 0 amide bonds. The lowest BCUT2D eigenvalue weighted by atomic mass is 9.83. The summed E-state index contributed by atoms with van der Waals surface area (Å²) in [5.74, 6) is 1.48. The van der Waals surface area contributed by atoms with Crippen LogP contribution in [0.1, 0.15) is 43.4 Å². The van der Waals surface area contributed by atoms with Gasteiger partial charge in [0.2, 0.25) is 0 Å². The summed E-state index contributed by atoms with van der Waals surface area (Å²) in [7, 11) is 0. The van der Waals surface area contributed by atoms with Gasteiger partial charge in [0, 0.05) is 10.9 Å². The molecule has 1 aliphatic carbocycles. The largest absolute Gasteiger partial charge is 0.461 e. The molecule has 2 nitrogen and oxygen atoms in total. The predicted octanol–water partition coefficient (Wildman–Crippen LogP) is 4.70. The Hall–Kier alpha value is -1.54. The SMILES string of the molecule is Cc1oc2ccccc2c1/C=C(/CO)C1CCCCC1. The molecule has 0 unspecified atom stereocenters. The zero-order chi connectivity index (χ0) is 13.9. The number of hydrogen-bond donors (Lipinski definition) is 1. The molecule has 1 fully saturated rings. The monoisotopic (exact) mass is 270 g/mol. The van der Waals surface area contributed by atoms with Crippen LogP contribution >= 0.6 is 0 Å². The summed E-state index contributed by atoms with van der Waals surface area (Å²) in [6.45, 7) is 2.16. The standard InChI is InChI=1S/C18H22O2/c1-13-17(16-9-5-6-10-18(16)20-13)11-15(12-19)14-7-3-2-4-8-14/h5-6,9-11,14,19H,2-4,7-8,12H2,1H3/b15-11-. The second-order valence-corrected chi connectivity index (χ2v) is 5.78. The van der Waals surface area contributed by atoms with Crippen LogP contribution in [-0.2, 0) is 0 Å². The van der Waals surface area contributed by atoms with Crippen LogP contribution in [0.2, 0.25) is 0 Å². The highest BCUT2D eigenvalue weighted by molar-refractivity contribution is 5.88. The second kappa shape index (κ2) is 5.84. The Kier molecular flexibility index (Phi) is 3.93. The molecule has 1 aromatic heterocycles. The van der Waals surface area contributed by atoms with Crippen LogP contribution in [-0.4, -0.2) is 11.7 Å². The summed E-state index contributed by atoms with van der Waals surface area (Å²) in [6, 6.07) is 8.12. The molecular formula is C18H22O2. The third kappa shape index (κ3) is 2.53. The van der Waals surface area contributed by atoms with E-state index in [1.54, 1.807) is 0 Å². The number of fused-ring (bicyclic) bond motifs is 1. The molecule has 3 rings (SSSR count). The van der Waals surface area contributed by atoms with Crippen LogP contribution < -0.4 is 0 Å². The van der Waals surface area contributed by atoms with E-state index in [2.05, 4.69) is 12.1 Å². The highest BCUT2D eigenvalue weighted by atomic mass is 16.3. The first-order chi connectivity index (χ1) is 9.79. The minimum absolute atomic E-state index is 0.156. The minimum Gasteiger partial charge on any atom is -0.461 e. The quantitative estimate of drug-likeness (QED) is 0.877. The van der Waals surface area contributed by atoms with Gasteiger partial charge in [-0.2, -0.15) is 0 Å². The fourth-order valence-electron chi connectivity index (χ4n) is 3.32. The molecule has 2 aromatic rings. The molecule has 1 aromatic carbocycles. The summed E-state index contributed by atoms with van der Waals surface area (Å²) in [4.78, 5) is 0. The maximum absolute atomic E-state index is 9.74. The molecule has 20 heavy (non-hydrogen) atoms. The lowest BCUT2D eigenvalue weighted by Gasteiger charge is -2.23. The Balaban J connectivity index is 2.00. The summed E-state index contributed by atoms with van der Waals surface area (Å²) >= 11 is 0. The van der Waals surface area contributed by atoms with Gasteiger partial charge < -0.3 is 9.52 Å². The first-order valence-electron chi connectivity index (χ1n) is 7.59. The van der Waals surface area contributed by atoms with Gasteiger partial charge in [-0.25, -0.2) is 0 Å². The van der Waals surface area contributed by atoms with Crippen molar-refractivity contribution in [3.63, 3.8) is 0 Å². The van der Waals surface area contributed by atoms with E-state index in [4.69, 9.17) is 4.42 Å². The van der Waals surface area contributed by atoms with Crippen LogP contribution in [0.15, 0.2) is 34.3 Å². The van der Waals surface area contributed by atoms with Crippen molar-refractivity contribution >= 4 is 17.0 Å². The second-order valence-electron chi connectivity index (χ2n) is 5.78. The third-order valence-electron chi connectivity index (χ3n) is 4.46. The van der Waals surface area contributed by atoms with E-state index in [-0.39, 0.29) is 6.61 Å². The van der Waals surface area contributed by atoms with Crippen LogP contribution in [0.3, 0.4) is 0 Å². The molecule has 1 aliphatic rings. The molecule has 106 valence electrons. The topological polar surface area (TPSA) is 33.4 Å². The molecule has 0 aliphatic heterocycles. The van der Waals surface area contributed by atoms with Crippen LogP contribution in [0.25, 0.3) is 17.0 Å². The smallest absolute Gasteiger partial charge is 0.134 e. The Morgan fingerprint density at radius 3 is 2.75 bits per heavy atom. The van der Waals surface area contributed by atoms with E-state index in [0.29, 0.717) is 5.92 Å². The summed E-state index contributed by atoms with van der Waals surface area (Å²) in [5, 5.41) is 10.9. The molecule has 0 spiro atoms. The van der Waals surface area contributed by atoms with Crippen molar-refractivity contribution in [1.82, 2.24) is 0 Å². The Morgan fingerprint density at radius 1 is 1.25 bits per heavy atom. The van der Waals surface area contributed by atoms with E-state index < -0.39 is 0 Å². The lowest BCUT2D eigenvalue weighted by molar-refractivity contribution is 0.295. The van der Waals surface area contributed by atoms with Crippen LogP contribution in [0.5, 0.6) is 0 Å². The van der Waals surface area contributed by atoms with Crippen molar-refractivity contribution in [1.29, 1.82) is 0 Å². The Morgan fingerprint density at radius 2 is 2.00 bits per heavy atom. The fraction of sp³-hybridized carbons (Fsp3) is 0.444. The molecule has 1 heterocycles. The van der Waals surface area contributed by atoms with Crippen molar-refractivity contribution in [2.24, 2.45) is 5.92 Å². The van der Waals surface area contributed by atoms with Gasteiger partial charge in [-0.3, -0.25) is 0 Å². The number of hydrogen-bond acceptors (Lipinski definition) is 2. The average molecular weight is 270 g/mol. The van der Waals surface area contributed by atoms with E-state index in [9.17, 15) is 5.11 Å². The molecule has 2 heteroatoms. The van der Waals surface area contributed by atoms with Gasteiger partial charge in [-0.15, -0.1) is 0 Å². The van der Waals surface area contributed by atoms with Gasteiger partial charge >= 0.3 is 0 Å². The molecule has 1 saturated carbocycles. The summed E-state index contributed by atoms with van der Waals surface area (Å²) in [6.07, 6.45) is 8.49. The van der Waals surface area contributed by atoms with Gasteiger partial charge in [-0.05, 0) is 43.4 Å². The number of para-hydroxylation sites is 1. The zero-order valence-electron chi connectivity index (χ0n) is 12.1. The highest BCUT2D eigenvalue weighted by Gasteiger charge is 2.18. The van der Waals surface area contributed by atoms with Crippen molar-refractivity contribution in [2.45, 2.75) is 39.0 Å². The van der Waals surface area contributed by atoms with Crippen molar-refractivity contribution < 1.29 is 9.52 Å². The molecule has 0 bridgehead atoms. The number of benzene rings is 1.